The molecular weight excluding hydrogens is 252 g/mol. The number of rotatable bonds is 4. The topological polar surface area (TPSA) is 90.9 Å². The Morgan fingerprint density at radius 3 is 2.56 bits per heavy atom. The molecule has 0 aliphatic heterocycles. The molecule has 0 bridgehead atoms. The number of anilines is 1. The van der Waals surface area contributed by atoms with Crippen LogP contribution < -0.4 is 16.4 Å². The van der Waals surface area contributed by atoms with Crippen LogP contribution in [-0.4, -0.2) is 12.5 Å². The highest BCUT2D eigenvalue weighted by Crippen LogP contribution is 2.14. The first-order chi connectivity index (χ1) is 8.58. The first-order valence-electron chi connectivity index (χ1n) is 5.29. The van der Waals surface area contributed by atoms with E-state index in [2.05, 4.69) is 10.6 Å². The highest BCUT2D eigenvalue weighted by molar-refractivity contribution is 6.30. The molecule has 0 aliphatic carbocycles. The summed E-state index contributed by atoms with van der Waals surface area (Å²) in [5, 5.41) is 14.8. The minimum atomic E-state index is -0.501. The molecule has 0 heterocycles. The number of amides is 1. The number of carbonyl (C=O) groups is 1. The third kappa shape index (κ3) is 3.68. The van der Waals surface area contributed by atoms with E-state index in [1.807, 2.05) is 0 Å². The van der Waals surface area contributed by atoms with Gasteiger partial charge in [-0.25, -0.2) is 0 Å². The van der Waals surface area contributed by atoms with Gasteiger partial charge >= 0.3 is 0 Å². The van der Waals surface area contributed by atoms with Crippen LogP contribution in [0.3, 0.4) is 0 Å². The number of carbonyl (C=O) groups excluding carboxylic acids is 1. The lowest BCUT2D eigenvalue weighted by Crippen LogP contribution is -2.28. The van der Waals surface area contributed by atoms with E-state index in [1.165, 1.54) is 0 Å². The molecule has 0 aromatic heterocycles. The van der Waals surface area contributed by atoms with Crippen molar-refractivity contribution in [1.82, 2.24) is 5.32 Å². The van der Waals surface area contributed by atoms with Gasteiger partial charge in [0.2, 0.25) is 0 Å². The SMILES string of the molecule is CCNC(=O)C(C#N)=C(N)Nc1ccc(Cl)cc1. The molecule has 5 nitrogen and oxygen atoms in total. The van der Waals surface area contributed by atoms with Crippen LogP contribution in [0.4, 0.5) is 5.69 Å². The summed E-state index contributed by atoms with van der Waals surface area (Å²) < 4.78 is 0. The maximum absolute atomic E-state index is 11.5. The number of nitriles is 1. The van der Waals surface area contributed by atoms with Gasteiger partial charge in [0.05, 0.1) is 0 Å². The van der Waals surface area contributed by atoms with Gasteiger partial charge in [0.15, 0.2) is 5.57 Å². The lowest BCUT2D eigenvalue weighted by Gasteiger charge is -2.08. The second-order valence-corrected chi connectivity index (χ2v) is 3.83. The number of halogens is 1. The molecule has 0 saturated carbocycles. The summed E-state index contributed by atoms with van der Waals surface area (Å²) in [6, 6.07) is 8.52. The largest absolute Gasteiger partial charge is 0.384 e. The molecule has 0 spiro atoms. The molecule has 0 saturated heterocycles. The monoisotopic (exact) mass is 264 g/mol. The molecular formula is C12H13ClN4O. The van der Waals surface area contributed by atoms with Crippen LogP contribution in [0.15, 0.2) is 35.7 Å². The third-order valence-electron chi connectivity index (χ3n) is 2.07. The predicted molar refractivity (Wildman–Crippen MR) is 70.6 cm³/mol. The Labute approximate surface area is 110 Å². The Morgan fingerprint density at radius 2 is 2.06 bits per heavy atom. The summed E-state index contributed by atoms with van der Waals surface area (Å²) in [6.07, 6.45) is 0. The Morgan fingerprint density at radius 1 is 1.44 bits per heavy atom. The normalized spacial score (nSPS) is 11.2. The van der Waals surface area contributed by atoms with Gasteiger partial charge in [-0.15, -0.1) is 0 Å². The minimum absolute atomic E-state index is 0.00534. The van der Waals surface area contributed by atoms with E-state index in [0.717, 1.165) is 0 Å². The first-order valence-corrected chi connectivity index (χ1v) is 5.67. The number of likely N-dealkylation sites (N-methyl/N-ethyl adjacent to an activating group) is 1. The standard InChI is InChI=1S/C12H13ClN4O/c1-2-16-12(18)10(7-14)11(15)17-9-5-3-8(13)4-6-9/h3-6,17H,2,15H2,1H3,(H,16,18). The summed E-state index contributed by atoms with van der Waals surface area (Å²) in [5.74, 6) is -0.496. The summed E-state index contributed by atoms with van der Waals surface area (Å²) in [5.41, 5.74) is 6.18. The van der Waals surface area contributed by atoms with E-state index in [4.69, 9.17) is 22.6 Å². The van der Waals surface area contributed by atoms with E-state index in [0.29, 0.717) is 17.3 Å². The second kappa shape index (κ2) is 6.52. The van der Waals surface area contributed by atoms with Crippen LogP contribution in [0.2, 0.25) is 5.02 Å². The zero-order valence-corrected chi connectivity index (χ0v) is 10.6. The van der Waals surface area contributed by atoms with Crippen LogP contribution in [-0.2, 0) is 4.79 Å². The van der Waals surface area contributed by atoms with Gasteiger partial charge in [-0.1, -0.05) is 11.6 Å². The Kier molecular flexibility index (Phi) is 5.03. The lowest BCUT2D eigenvalue weighted by molar-refractivity contribution is -0.117. The van der Waals surface area contributed by atoms with E-state index in [1.54, 1.807) is 37.3 Å². The summed E-state index contributed by atoms with van der Waals surface area (Å²) in [6.45, 7) is 2.19. The van der Waals surface area contributed by atoms with Crippen molar-refractivity contribution >= 4 is 23.2 Å². The van der Waals surface area contributed by atoms with Crippen molar-refractivity contribution in [3.63, 3.8) is 0 Å². The molecule has 0 radical (unpaired) electrons. The number of hydrogen-bond acceptors (Lipinski definition) is 4. The van der Waals surface area contributed by atoms with Crippen molar-refractivity contribution in [3.8, 4) is 6.07 Å². The highest BCUT2D eigenvalue weighted by atomic mass is 35.5. The zero-order valence-electron chi connectivity index (χ0n) is 9.83. The van der Waals surface area contributed by atoms with Crippen LogP contribution in [0.25, 0.3) is 0 Å². The summed E-state index contributed by atoms with van der Waals surface area (Å²) in [4.78, 5) is 11.5. The molecule has 1 aromatic carbocycles. The fraction of sp³-hybridized carbons (Fsp3) is 0.167. The average Bonchev–Trinajstić information content (AvgIpc) is 2.33. The molecule has 6 heteroatoms. The quantitative estimate of drug-likeness (QED) is 0.569. The Bertz CT molecular complexity index is 502. The third-order valence-corrected chi connectivity index (χ3v) is 2.32. The van der Waals surface area contributed by atoms with Crippen molar-refractivity contribution in [3.05, 3.63) is 40.7 Å². The first kappa shape index (κ1) is 13.9. The average molecular weight is 265 g/mol. The highest BCUT2D eigenvalue weighted by Gasteiger charge is 2.12. The molecule has 0 fully saturated rings. The van der Waals surface area contributed by atoms with Crippen molar-refractivity contribution in [2.24, 2.45) is 5.73 Å². The lowest BCUT2D eigenvalue weighted by atomic mass is 10.2. The zero-order chi connectivity index (χ0) is 13.5. The Balaban J connectivity index is 2.90. The van der Waals surface area contributed by atoms with Crippen molar-refractivity contribution < 1.29 is 4.79 Å². The maximum atomic E-state index is 11.5. The van der Waals surface area contributed by atoms with E-state index >= 15 is 0 Å². The molecule has 0 aliphatic rings. The molecule has 1 amide bonds. The van der Waals surface area contributed by atoms with Gasteiger partial charge in [0.1, 0.15) is 11.9 Å². The van der Waals surface area contributed by atoms with Gasteiger partial charge in [-0.2, -0.15) is 5.26 Å². The van der Waals surface area contributed by atoms with Crippen LogP contribution in [0.1, 0.15) is 6.92 Å². The molecule has 1 rings (SSSR count). The number of benzene rings is 1. The van der Waals surface area contributed by atoms with Gasteiger partial charge in [-0.3, -0.25) is 4.79 Å². The van der Waals surface area contributed by atoms with Gasteiger partial charge in [0.25, 0.3) is 5.91 Å². The van der Waals surface area contributed by atoms with Crippen molar-refractivity contribution in [2.45, 2.75) is 6.92 Å². The molecule has 4 N–H and O–H groups in total. The molecule has 0 unspecified atom stereocenters. The van der Waals surface area contributed by atoms with Crippen molar-refractivity contribution in [1.29, 1.82) is 5.26 Å². The van der Waals surface area contributed by atoms with Gasteiger partial charge in [-0.05, 0) is 31.2 Å². The molecule has 0 atom stereocenters. The van der Waals surface area contributed by atoms with Crippen LogP contribution in [0.5, 0.6) is 0 Å². The summed E-state index contributed by atoms with van der Waals surface area (Å²) >= 11 is 5.74. The van der Waals surface area contributed by atoms with Gasteiger partial charge < -0.3 is 16.4 Å². The summed E-state index contributed by atoms with van der Waals surface area (Å²) in [7, 11) is 0. The maximum Gasteiger partial charge on any atom is 0.265 e. The number of hydrogen-bond donors (Lipinski definition) is 3. The van der Waals surface area contributed by atoms with E-state index in [-0.39, 0.29) is 11.4 Å². The Hall–Kier alpha value is -2.19. The van der Waals surface area contributed by atoms with Crippen LogP contribution in [0, 0.1) is 11.3 Å². The molecule has 94 valence electrons. The number of nitrogens with one attached hydrogen (secondary N) is 2. The fourth-order valence-corrected chi connectivity index (χ4v) is 1.36. The van der Waals surface area contributed by atoms with E-state index < -0.39 is 5.91 Å². The minimum Gasteiger partial charge on any atom is -0.384 e. The number of nitrogens with two attached hydrogens (primary N) is 1. The predicted octanol–water partition coefficient (Wildman–Crippen LogP) is 1.58. The van der Waals surface area contributed by atoms with E-state index in [9.17, 15) is 4.79 Å². The van der Waals surface area contributed by atoms with Crippen LogP contribution >= 0.6 is 11.6 Å². The fourth-order valence-electron chi connectivity index (χ4n) is 1.23. The molecule has 1 aromatic rings. The second-order valence-electron chi connectivity index (χ2n) is 3.39. The smallest absolute Gasteiger partial charge is 0.265 e. The number of nitrogens with zero attached hydrogens (tertiary/aromatic N) is 1. The van der Waals surface area contributed by atoms with Gasteiger partial charge in [0, 0.05) is 17.3 Å². The van der Waals surface area contributed by atoms with Crippen molar-refractivity contribution in [2.75, 3.05) is 11.9 Å². The molecule has 18 heavy (non-hydrogen) atoms.